The first-order chi connectivity index (χ1) is 10.2. The van der Waals surface area contributed by atoms with Gasteiger partial charge < -0.3 is 9.64 Å². The van der Waals surface area contributed by atoms with Crippen molar-refractivity contribution in [2.75, 3.05) is 32.1 Å². The number of nitrogens with zero attached hydrogens (tertiary/aromatic N) is 3. The molecule has 2 aliphatic rings. The molecule has 3 heterocycles. The van der Waals surface area contributed by atoms with Gasteiger partial charge in [-0.2, -0.15) is 0 Å². The van der Waals surface area contributed by atoms with E-state index in [0.717, 1.165) is 18.8 Å². The second kappa shape index (κ2) is 6.19. The molecule has 6 nitrogen and oxygen atoms in total. The minimum atomic E-state index is -0.214. The predicted octanol–water partition coefficient (Wildman–Crippen LogP) is 0.848. The highest BCUT2D eigenvalue weighted by Crippen LogP contribution is 2.21. The highest BCUT2D eigenvalue weighted by molar-refractivity contribution is 7.99. The molecule has 1 fully saturated rings. The zero-order chi connectivity index (χ0) is 14.8. The van der Waals surface area contributed by atoms with Gasteiger partial charge in [-0.05, 0) is 13.3 Å². The van der Waals surface area contributed by atoms with Gasteiger partial charge in [0.2, 0.25) is 0 Å². The monoisotopic (exact) mass is 309 g/mol. The van der Waals surface area contributed by atoms with Crippen molar-refractivity contribution in [3.8, 4) is 0 Å². The third-order valence-corrected chi connectivity index (χ3v) is 4.93. The molecule has 21 heavy (non-hydrogen) atoms. The second-order valence-corrected chi connectivity index (χ2v) is 6.40. The second-order valence-electron chi connectivity index (χ2n) is 5.33. The lowest BCUT2D eigenvalue weighted by atomic mass is 10.1. The van der Waals surface area contributed by atoms with Crippen molar-refractivity contribution in [1.29, 1.82) is 0 Å². The standard InChI is InChI=1S/C14H19N3O3S/c1-2-16(8-10-3-5-20-9-10)12(18)11-7-15-14-17(13(11)19)4-6-21-14/h7,10H,2-6,8-9H2,1H3/t10-/m0/s1. The van der Waals surface area contributed by atoms with Crippen molar-refractivity contribution in [2.24, 2.45) is 5.92 Å². The summed E-state index contributed by atoms with van der Waals surface area (Å²) in [4.78, 5) is 31.0. The third-order valence-electron chi connectivity index (χ3n) is 3.96. The molecule has 0 N–H and O–H groups in total. The average molecular weight is 309 g/mol. The van der Waals surface area contributed by atoms with Crippen LogP contribution in [0, 0.1) is 5.92 Å². The normalized spacial score (nSPS) is 20.5. The van der Waals surface area contributed by atoms with E-state index in [2.05, 4.69) is 4.98 Å². The van der Waals surface area contributed by atoms with Crippen molar-refractivity contribution in [2.45, 2.75) is 25.0 Å². The highest BCUT2D eigenvalue weighted by Gasteiger charge is 2.26. The number of hydrogen-bond acceptors (Lipinski definition) is 5. The topological polar surface area (TPSA) is 64.4 Å². The summed E-state index contributed by atoms with van der Waals surface area (Å²) in [6.45, 7) is 5.26. The SMILES string of the molecule is CCN(C[C@@H]1CCOC1)C(=O)c1cnc2n(c1=O)CCS2. The van der Waals surface area contributed by atoms with Crippen molar-refractivity contribution in [3.05, 3.63) is 22.1 Å². The Hall–Kier alpha value is -1.34. The maximum atomic E-state index is 12.6. The van der Waals surface area contributed by atoms with Crippen LogP contribution in [0.3, 0.4) is 0 Å². The molecular weight excluding hydrogens is 290 g/mol. The number of carbonyl (C=O) groups excluding carboxylic acids is 1. The minimum Gasteiger partial charge on any atom is -0.381 e. The Morgan fingerprint density at radius 1 is 1.62 bits per heavy atom. The molecule has 0 saturated carbocycles. The summed E-state index contributed by atoms with van der Waals surface area (Å²) in [6, 6.07) is 0. The lowest BCUT2D eigenvalue weighted by molar-refractivity contribution is 0.0727. The first-order valence-electron chi connectivity index (χ1n) is 7.30. The maximum absolute atomic E-state index is 12.6. The Kier molecular flexibility index (Phi) is 4.30. The summed E-state index contributed by atoms with van der Waals surface area (Å²) < 4.78 is 6.95. The molecule has 0 spiro atoms. The number of thioether (sulfide) groups is 1. The van der Waals surface area contributed by atoms with Crippen LogP contribution in [0.4, 0.5) is 0 Å². The molecule has 0 radical (unpaired) electrons. The van der Waals surface area contributed by atoms with Crippen LogP contribution in [0.5, 0.6) is 0 Å². The van der Waals surface area contributed by atoms with E-state index >= 15 is 0 Å². The smallest absolute Gasteiger partial charge is 0.267 e. The number of ether oxygens (including phenoxy) is 1. The zero-order valence-corrected chi connectivity index (χ0v) is 12.9. The van der Waals surface area contributed by atoms with E-state index in [9.17, 15) is 9.59 Å². The molecule has 1 atom stereocenters. The van der Waals surface area contributed by atoms with Gasteiger partial charge in [0, 0.05) is 44.1 Å². The average Bonchev–Trinajstić information content (AvgIpc) is 3.16. The molecule has 3 rings (SSSR count). The summed E-state index contributed by atoms with van der Waals surface area (Å²) in [5.74, 6) is 1.00. The van der Waals surface area contributed by atoms with Gasteiger partial charge in [0.25, 0.3) is 11.5 Å². The Morgan fingerprint density at radius 2 is 2.48 bits per heavy atom. The first kappa shape index (κ1) is 14.6. The molecule has 0 aliphatic carbocycles. The summed E-state index contributed by atoms with van der Waals surface area (Å²) in [5.41, 5.74) is -0.0295. The van der Waals surface area contributed by atoms with E-state index in [4.69, 9.17) is 4.74 Å². The van der Waals surface area contributed by atoms with E-state index in [1.807, 2.05) is 6.92 Å². The van der Waals surface area contributed by atoms with Crippen molar-refractivity contribution in [1.82, 2.24) is 14.5 Å². The van der Waals surface area contributed by atoms with Gasteiger partial charge in [0.05, 0.1) is 6.61 Å². The van der Waals surface area contributed by atoms with Crippen LogP contribution in [0.25, 0.3) is 0 Å². The Bertz CT molecular complexity index is 596. The number of hydrogen-bond donors (Lipinski definition) is 0. The highest BCUT2D eigenvalue weighted by atomic mass is 32.2. The third kappa shape index (κ3) is 2.85. The van der Waals surface area contributed by atoms with Crippen LogP contribution < -0.4 is 5.56 Å². The number of amides is 1. The van der Waals surface area contributed by atoms with Crippen LogP contribution in [0.15, 0.2) is 16.1 Å². The summed E-state index contributed by atoms with van der Waals surface area (Å²) in [6.07, 6.45) is 2.41. The summed E-state index contributed by atoms with van der Waals surface area (Å²) in [7, 11) is 0. The fourth-order valence-electron chi connectivity index (χ4n) is 2.73. The fourth-order valence-corrected chi connectivity index (χ4v) is 3.64. The number of carbonyl (C=O) groups is 1. The van der Waals surface area contributed by atoms with Crippen LogP contribution >= 0.6 is 11.8 Å². The predicted molar refractivity (Wildman–Crippen MR) is 79.7 cm³/mol. The van der Waals surface area contributed by atoms with Crippen LogP contribution in [0.2, 0.25) is 0 Å². The molecule has 114 valence electrons. The summed E-state index contributed by atoms with van der Waals surface area (Å²) >= 11 is 1.55. The molecule has 1 aromatic rings. The molecule has 1 saturated heterocycles. The lowest BCUT2D eigenvalue weighted by Crippen LogP contribution is -2.39. The molecule has 0 unspecified atom stereocenters. The summed E-state index contributed by atoms with van der Waals surface area (Å²) in [5, 5.41) is 0.712. The van der Waals surface area contributed by atoms with E-state index in [0.29, 0.717) is 37.3 Å². The van der Waals surface area contributed by atoms with Gasteiger partial charge in [0.1, 0.15) is 5.56 Å². The largest absolute Gasteiger partial charge is 0.381 e. The Labute approximate surface area is 127 Å². The van der Waals surface area contributed by atoms with Crippen molar-refractivity contribution < 1.29 is 9.53 Å². The molecular formula is C14H19N3O3S. The van der Waals surface area contributed by atoms with Crippen LogP contribution in [0.1, 0.15) is 23.7 Å². The maximum Gasteiger partial charge on any atom is 0.267 e. The van der Waals surface area contributed by atoms with Gasteiger partial charge in [-0.15, -0.1) is 0 Å². The number of rotatable bonds is 4. The number of aromatic nitrogens is 2. The molecule has 1 aromatic heterocycles. The van der Waals surface area contributed by atoms with Crippen molar-refractivity contribution >= 4 is 17.7 Å². The first-order valence-corrected chi connectivity index (χ1v) is 8.29. The Morgan fingerprint density at radius 3 is 3.19 bits per heavy atom. The number of fused-ring (bicyclic) bond motifs is 1. The molecule has 0 bridgehead atoms. The van der Waals surface area contributed by atoms with Gasteiger partial charge in [-0.1, -0.05) is 11.8 Å². The molecule has 1 amide bonds. The van der Waals surface area contributed by atoms with Crippen LogP contribution in [-0.2, 0) is 11.3 Å². The van der Waals surface area contributed by atoms with Gasteiger partial charge >= 0.3 is 0 Å². The molecule has 0 aromatic carbocycles. The van der Waals surface area contributed by atoms with Gasteiger partial charge in [-0.3, -0.25) is 14.2 Å². The lowest BCUT2D eigenvalue weighted by Gasteiger charge is -2.23. The van der Waals surface area contributed by atoms with Crippen LogP contribution in [-0.4, -0.2) is 52.4 Å². The minimum absolute atomic E-state index is 0.182. The quantitative estimate of drug-likeness (QED) is 0.772. The van der Waals surface area contributed by atoms with E-state index < -0.39 is 0 Å². The molecule has 2 aliphatic heterocycles. The fraction of sp³-hybridized carbons (Fsp3) is 0.643. The van der Waals surface area contributed by atoms with E-state index in [1.165, 1.54) is 6.20 Å². The van der Waals surface area contributed by atoms with E-state index in [-0.39, 0.29) is 17.0 Å². The Balaban J connectivity index is 1.81. The van der Waals surface area contributed by atoms with Crippen molar-refractivity contribution in [3.63, 3.8) is 0 Å². The van der Waals surface area contributed by atoms with E-state index in [1.54, 1.807) is 21.2 Å². The zero-order valence-electron chi connectivity index (χ0n) is 12.1. The van der Waals surface area contributed by atoms with Gasteiger partial charge in [-0.25, -0.2) is 4.98 Å². The van der Waals surface area contributed by atoms with Gasteiger partial charge in [0.15, 0.2) is 5.16 Å². The molecule has 7 heteroatoms.